The normalized spacial score (nSPS) is 11.2. The molecule has 2 heteroatoms. The Balaban J connectivity index is 1.35. The van der Waals surface area contributed by atoms with Gasteiger partial charge < -0.3 is 9.32 Å². The maximum Gasteiger partial charge on any atom is 0.135 e. The van der Waals surface area contributed by atoms with Gasteiger partial charge in [-0.15, -0.1) is 0 Å². The van der Waals surface area contributed by atoms with E-state index < -0.39 is 0 Å². The Morgan fingerprint density at radius 3 is 2.03 bits per heavy atom. The molecule has 2 nitrogen and oxygen atoms in total. The fraction of sp³-hybridized carbons (Fsp3) is 0.0323. The van der Waals surface area contributed by atoms with Gasteiger partial charge in [-0.2, -0.15) is 0 Å². The van der Waals surface area contributed by atoms with E-state index in [1.165, 1.54) is 27.9 Å². The molecule has 0 aliphatic carbocycles. The second-order valence-electron chi connectivity index (χ2n) is 8.30. The Hall–Kier alpha value is -4.30. The lowest BCUT2D eigenvalue weighted by molar-refractivity contribution is 0.669. The summed E-state index contributed by atoms with van der Waals surface area (Å²) in [5, 5.41) is 2.31. The third kappa shape index (κ3) is 3.46. The van der Waals surface area contributed by atoms with Crippen molar-refractivity contribution in [1.82, 2.24) is 0 Å². The minimum Gasteiger partial charge on any atom is -0.456 e. The zero-order chi connectivity index (χ0) is 22.2. The van der Waals surface area contributed by atoms with Crippen molar-refractivity contribution < 1.29 is 4.42 Å². The number of hydrogen-bond acceptors (Lipinski definition) is 2. The third-order valence-electron chi connectivity index (χ3n) is 6.31. The number of hydrogen-bond donors (Lipinski definition) is 0. The van der Waals surface area contributed by atoms with E-state index in [0.717, 1.165) is 27.6 Å². The van der Waals surface area contributed by atoms with E-state index in [4.69, 9.17) is 4.42 Å². The fourth-order valence-corrected chi connectivity index (χ4v) is 4.55. The van der Waals surface area contributed by atoms with Crippen molar-refractivity contribution >= 4 is 33.3 Å². The second-order valence-corrected chi connectivity index (χ2v) is 8.30. The lowest BCUT2D eigenvalue weighted by Crippen LogP contribution is -2.10. The van der Waals surface area contributed by atoms with Crippen LogP contribution in [0.1, 0.15) is 0 Å². The topological polar surface area (TPSA) is 16.4 Å². The molecule has 0 atom stereocenters. The van der Waals surface area contributed by atoms with Gasteiger partial charge in [0.1, 0.15) is 11.2 Å². The van der Waals surface area contributed by atoms with Crippen LogP contribution in [0.3, 0.4) is 0 Å². The molecule has 0 radical (unpaired) electrons. The standard InChI is InChI=1S/C31H23NO/c1-32(29-13-7-5-11-26(29)23-9-3-2-4-10-23)25-18-15-22(16-19-25)24-17-20-31-28(21-24)27-12-6-8-14-30(27)33-31/h2-21H,1H3. The summed E-state index contributed by atoms with van der Waals surface area (Å²) in [7, 11) is 2.13. The first-order valence-electron chi connectivity index (χ1n) is 11.2. The Bertz CT molecular complexity index is 1560. The minimum atomic E-state index is 0.925. The molecule has 1 aromatic heterocycles. The zero-order valence-corrected chi connectivity index (χ0v) is 18.4. The smallest absolute Gasteiger partial charge is 0.135 e. The van der Waals surface area contributed by atoms with Crippen molar-refractivity contribution in [3.63, 3.8) is 0 Å². The van der Waals surface area contributed by atoms with Gasteiger partial charge in [0.05, 0.1) is 0 Å². The predicted octanol–water partition coefficient (Wildman–Crippen LogP) is 8.69. The van der Waals surface area contributed by atoms with Gasteiger partial charge >= 0.3 is 0 Å². The summed E-state index contributed by atoms with van der Waals surface area (Å²) in [5.41, 5.74) is 9.01. The Morgan fingerprint density at radius 1 is 0.515 bits per heavy atom. The molecule has 158 valence electrons. The minimum absolute atomic E-state index is 0.925. The van der Waals surface area contributed by atoms with Crippen LogP contribution in [-0.2, 0) is 0 Å². The molecule has 1 heterocycles. The highest BCUT2D eigenvalue weighted by Gasteiger charge is 2.12. The van der Waals surface area contributed by atoms with Gasteiger partial charge in [-0.1, -0.05) is 84.9 Å². The largest absolute Gasteiger partial charge is 0.456 e. The zero-order valence-electron chi connectivity index (χ0n) is 18.4. The molecule has 0 saturated heterocycles. The molecule has 0 amide bonds. The molecule has 0 N–H and O–H groups in total. The van der Waals surface area contributed by atoms with E-state index in [1.54, 1.807) is 0 Å². The maximum absolute atomic E-state index is 5.98. The second kappa shape index (κ2) is 7.99. The van der Waals surface area contributed by atoms with Crippen LogP contribution in [0.5, 0.6) is 0 Å². The van der Waals surface area contributed by atoms with Crippen molar-refractivity contribution in [2.75, 3.05) is 11.9 Å². The summed E-state index contributed by atoms with van der Waals surface area (Å²) in [6.07, 6.45) is 0. The van der Waals surface area contributed by atoms with Crippen LogP contribution in [-0.4, -0.2) is 7.05 Å². The van der Waals surface area contributed by atoms with Crippen molar-refractivity contribution in [3.8, 4) is 22.3 Å². The van der Waals surface area contributed by atoms with E-state index >= 15 is 0 Å². The molecule has 0 saturated carbocycles. The lowest BCUT2D eigenvalue weighted by atomic mass is 10.0. The number of benzene rings is 5. The van der Waals surface area contributed by atoms with Crippen LogP contribution in [0.25, 0.3) is 44.2 Å². The molecule has 0 spiro atoms. The van der Waals surface area contributed by atoms with Gasteiger partial charge in [0, 0.05) is 34.8 Å². The van der Waals surface area contributed by atoms with Gasteiger partial charge in [-0.3, -0.25) is 0 Å². The summed E-state index contributed by atoms with van der Waals surface area (Å²) >= 11 is 0. The summed E-state index contributed by atoms with van der Waals surface area (Å²) < 4.78 is 5.98. The Kier molecular flexibility index (Phi) is 4.70. The first kappa shape index (κ1) is 19.4. The summed E-state index contributed by atoms with van der Waals surface area (Å²) in [5.74, 6) is 0. The number of para-hydroxylation sites is 2. The van der Waals surface area contributed by atoms with Crippen LogP contribution in [0.15, 0.2) is 126 Å². The quantitative estimate of drug-likeness (QED) is 0.281. The van der Waals surface area contributed by atoms with Crippen molar-refractivity contribution in [2.24, 2.45) is 0 Å². The number of fused-ring (bicyclic) bond motifs is 3. The maximum atomic E-state index is 5.98. The van der Waals surface area contributed by atoms with Crippen LogP contribution in [0.4, 0.5) is 11.4 Å². The van der Waals surface area contributed by atoms with Crippen LogP contribution < -0.4 is 4.90 Å². The lowest BCUT2D eigenvalue weighted by Gasteiger charge is -2.23. The van der Waals surface area contributed by atoms with Crippen LogP contribution in [0, 0.1) is 0 Å². The molecule has 0 fully saturated rings. The van der Waals surface area contributed by atoms with Crippen molar-refractivity contribution in [1.29, 1.82) is 0 Å². The van der Waals surface area contributed by atoms with Gasteiger partial charge in [0.25, 0.3) is 0 Å². The average molecular weight is 426 g/mol. The van der Waals surface area contributed by atoms with Crippen LogP contribution in [0.2, 0.25) is 0 Å². The molecule has 0 unspecified atom stereocenters. The molecular weight excluding hydrogens is 402 g/mol. The third-order valence-corrected chi connectivity index (χ3v) is 6.31. The summed E-state index contributed by atoms with van der Waals surface area (Å²) in [4.78, 5) is 2.25. The van der Waals surface area contributed by atoms with Crippen LogP contribution >= 0.6 is 0 Å². The number of nitrogens with zero attached hydrogens (tertiary/aromatic N) is 1. The van der Waals surface area contributed by atoms with Gasteiger partial charge in [0.15, 0.2) is 0 Å². The average Bonchev–Trinajstić information content (AvgIpc) is 3.27. The van der Waals surface area contributed by atoms with Crippen molar-refractivity contribution in [2.45, 2.75) is 0 Å². The van der Waals surface area contributed by atoms with E-state index in [-0.39, 0.29) is 0 Å². The Morgan fingerprint density at radius 2 is 1.18 bits per heavy atom. The highest BCUT2D eigenvalue weighted by molar-refractivity contribution is 6.06. The molecule has 6 rings (SSSR count). The number of furan rings is 1. The molecule has 6 aromatic rings. The monoisotopic (exact) mass is 425 g/mol. The molecule has 0 aliphatic heterocycles. The summed E-state index contributed by atoms with van der Waals surface area (Å²) in [6.45, 7) is 0. The highest BCUT2D eigenvalue weighted by atomic mass is 16.3. The van der Waals surface area contributed by atoms with E-state index in [1.807, 2.05) is 12.1 Å². The van der Waals surface area contributed by atoms with Crippen molar-refractivity contribution in [3.05, 3.63) is 121 Å². The van der Waals surface area contributed by atoms with E-state index in [9.17, 15) is 0 Å². The van der Waals surface area contributed by atoms with Gasteiger partial charge in [-0.05, 0) is 53.1 Å². The summed E-state index contributed by atoms with van der Waals surface area (Å²) in [6, 6.07) is 42.5. The predicted molar refractivity (Wildman–Crippen MR) is 139 cm³/mol. The Labute approximate surface area is 193 Å². The molecule has 5 aromatic carbocycles. The number of anilines is 2. The fourth-order valence-electron chi connectivity index (χ4n) is 4.55. The van der Waals surface area contributed by atoms with E-state index in [2.05, 4.69) is 121 Å². The SMILES string of the molecule is CN(c1ccc(-c2ccc3oc4ccccc4c3c2)cc1)c1ccccc1-c1ccccc1. The molecule has 0 bridgehead atoms. The van der Waals surface area contributed by atoms with Gasteiger partial charge in [-0.25, -0.2) is 0 Å². The first-order valence-corrected chi connectivity index (χ1v) is 11.2. The number of rotatable bonds is 4. The molecule has 33 heavy (non-hydrogen) atoms. The highest BCUT2D eigenvalue weighted by Crippen LogP contribution is 2.36. The van der Waals surface area contributed by atoms with Gasteiger partial charge in [0.2, 0.25) is 0 Å². The van der Waals surface area contributed by atoms with E-state index in [0.29, 0.717) is 0 Å². The molecule has 0 aliphatic rings. The first-order chi connectivity index (χ1) is 16.3. The molecular formula is C31H23NO.